The minimum Gasteiger partial charge on any atom is -0.348 e. The molecule has 15 heavy (non-hydrogen) atoms. The summed E-state index contributed by atoms with van der Waals surface area (Å²) in [6.07, 6.45) is 4.67. The number of thiazole rings is 1. The first-order valence-electron chi connectivity index (χ1n) is 5.43. The number of aromatic nitrogens is 1. The van der Waals surface area contributed by atoms with Crippen LogP contribution in [0.2, 0.25) is 0 Å². The van der Waals surface area contributed by atoms with E-state index in [1.54, 1.807) is 10.9 Å². The fourth-order valence-electron chi connectivity index (χ4n) is 1.40. The number of amides is 1. The Kier molecular flexibility index (Phi) is 5.32. The molecule has 1 rings (SSSR count). The summed E-state index contributed by atoms with van der Waals surface area (Å²) in [6.45, 7) is 4.22. The average Bonchev–Trinajstić information content (AvgIpc) is 2.70. The first kappa shape index (κ1) is 12.2. The molecule has 0 saturated carbocycles. The van der Waals surface area contributed by atoms with Crippen LogP contribution in [-0.2, 0) is 0 Å². The van der Waals surface area contributed by atoms with Gasteiger partial charge in [-0.1, -0.05) is 26.2 Å². The molecular formula is C11H18N2OS. The molecule has 1 N–H and O–H groups in total. The summed E-state index contributed by atoms with van der Waals surface area (Å²) in [6, 6.07) is 0.241. The zero-order valence-electron chi connectivity index (χ0n) is 9.32. The van der Waals surface area contributed by atoms with Crippen LogP contribution in [0.25, 0.3) is 0 Å². The highest BCUT2D eigenvalue weighted by Crippen LogP contribution is 2.05. The van der Waals surface area contributed by atoms with Gasteiger partial charge in [0, 0.05) is 11.4 Å². The van der Waals surface area contributed by atoms with Crippen LogP contribution >= 0.6 is 11.3 Å². The number of nitrogens with zero attached hydrogens (tertiary/aromatic N) is 1. The van der Waals surface area contributed by atoms with Gasteiger partial charge in [0.1, 0.15) is 5.69 Å². The molecule has 0 bridgehead atoms. The van der Waals surface area contributed by atoms with E-state index in [9.17, 15) is 4.79 Å². The predicted octanol–water partition coefficient (Wildman–Crippen LogP) is 2.84. The van der Waals surface area contributed by atoms with Crippen molar-refractivity contribution in [1.82, 2.24) is 10.3 Å². The molecule has 3 nitrogen and oxygen atoms in total. The molecule has 0 fully saturated rings. The summed E-state index contributed by atoms with van der Waals surface area (Å²) in [7, 11) is 0. The Morgan fingerprint density at radius 1 is 1.60 bits per heavy atom. The van der Waals surface area contributed by atoms with Gasteiger partial charge in [-0.25, -0.2) is 4.98 Å². The number of hydrogen-bond donors (Lipinski definition) is 1. The summed E-state index contributed by atoms with van der Waals surface area (Å²) in [5, 5.41) is 4.72. The van der Waals surface area contributed by atoms with Gasteiger partial charge in [-0.15, -0.1) is 11.3 Å². The van der Waals surface area contributed by atoms with Gasteiger partial charge in [-0.3, -0.25) is 4.79 Å². The molecule has 0 aromatic carbocycles. The van der Waals surface area contributed by atoms with Crippen molar-refractivity contribution >= 4 is 17.2 Å². The number of carbonyl (C=O) groups excluding carboxylic acids is 1. The van der Waals surface area contributed by atoms with Gasteiger partial charge in [0.25, 0.3) is 5.91 Å². The standard InChI is InChI=1S/C11H18N2OS/c1-3-4-5-6-9(2)13-11(14)10-7-15-8-12-10/h7-9H,3-6H2,1-2H3,(H,13,14). The van der Waals surface area contributed by atoms with Crippen LogP contribution in [0.1, 0.15) is 50.0 Å². The van der Waals surface area contributed by atoms with E-state index in [1.165, 1.54) is 30.6 Å². The minimum atomic E-state index is -0.0553. The third kappa shape index (κ3) is 4.42. The SMILES string of the molecule is CCCCCC(C)NC(=O)c1cscn1. The van der Waals surface area contributed by atoms with Crippen LogP contribution in [-0.4, -0.2) is 16.9 Å². The second kappa shape index (κ2) is 6.56. The maximum atomic E-state index is 11.6. The van der Waals surface area contributed by atoms with Crippen molar-refractivity contribution in [2.45, 2.75) is 45.6 Å². The number of carbonyl (C=O) groups is 1. The Morgan fingerprint density at radius 2 is 2.40 bits per heavy atom. The molecule has 0 aliphatic carbocycles. The highest BCUT2D eigenvalue weighted by atomic mass is 32.1. The van der Waals surface area contributed by atoms with Crippen LogP contribution in [0.4, 0.5) is 0 Å². The van der Waals surface area contributed by atoms with Crippen LogP contribution in [0, 0.1) is 0 Å². The molecule has 0 spiro atoms. The fourth-order valence-corrected chi connectivity index (χ4v) is 1.93. The summed E-state index contributed by atoms with van der Waals surface area (Å²) >= 11 is 1.44. The molecule has 0 radical (unpaired) electrons. The minimum absolute atomic E-state index is 0.0553. The molecule has 1 heterocycles. The fraction of sp³-hybridized carbons (Fsp3) is 0.636. The van der Waals surface area contributed by atoms with Crippen LogP contribution in [0.5, 0.6) is 0 Å². The smallest absolute Gasteiger partial charge is 0.270 e. The molecule has 0 aliphatic rings. The molecule has 0 aliphatic heterocycles. The first-order valence-corrected chi connectivity index (χ1v) is 6.37. The maximum Gasteiger partial charge on any atom is 0.270 e. The Bertz CT molecular complexity index is 285. The largest absolute Gasteiger partial charge is 0.348 e. The third-order valence-electron chi connectivity index (χ3n) is 2.28. The molecule has 84 valence electrons. The average molecular weight is 226 g/mol. The number of hydrogen-bond acceptors (Lipinski definition) is 3. The zero-order chi connectivity index (χ0) is 11.1. The second-order valence-electron chi connectivity index (χ2n) is 3.74. The Balaban J connectivity index is 2.26. The van der Waals surface area contributed by atoms with E-state index in [1.807, 2.05) is 6.92 Å². The van der Waals surface area contributed by atoms with Gasteiger partial charge in [-0.2, -0.15) is 0 Å². The first-order chi connectivity index (χ1) is 7.24. The van der Waals surface area contributed by atoms with Gasteiger partial charge >= 0.3 is 0 Å². The molecule has 4 heteroatoms. The van der Waals surface area contributed by atoms with Crippen LogP contribution < -0.4 is 5.32 Å². The second-order valence-corrected chi connectivity index (χ2v) is 4.46. The number of unbranched alkanes of at least 4 members (excludes halogenated alkanes) is 2. The molecule has 1 atom stereocenters. The summed E-state index contributed by atoms with van der Waals surface area (Å²) in [4.78, 5) is 15.6. The van der Waals surface area contributed by atoms with Crippen molar-refractivity contribution in [3.05, 3.63) is 16.6 Å². The maximum absolute atomic E-state index is 11.6. The summed E-state index contributed by atoms with van der Waals surface area (Å²) in [5.41, 5.74) is 2.21. The van der Waals surface area contributed by atoms with Crippen molar-refractivity contribution in [3.8, 4) is 0 Å². The lowest BCUT2D eigenvalue weighted by Crippen LogP contribution is -2.32. The van der Waals surface area contributed by atoms with Crippen molar-refractivity contribution in [3.63, 3.8) is 0 Å². The van der Waals surface area contributed by atoms with E-state index >= 15 is 0 Å². The van der Waals surface area contributed by atoms with Crippen molar-refractivity contribution in [1.29, 1.82) is 0 Å². The van der Waals surface area contributed by atoms with Crippen LogP contribution in [0.15, 0.2) is 10.9 Å². The summed E-state index contributed by atoms with van der Waals surface area (Å²) < 4.78 is 0. The monoisotopic (exact) mass is 226 g/mol. The third-order valence-corrected chi connectivity index (χ3v) is 2.87. The Morgan fingerprint density at radius 3 is 3.00 bits per heavy atom. The molecular weight excluding hydrogens is 208 g/mol. The molecule has 1 aromatic rings. The zero-order valence-corrected chi connectivity index (χ0v) is 10.1. The highest BCUT2D eigenvalue weighted by molar-refractivity contribution is 7.07. The van der Waals surface area contributed by atoms with Crippen molar-refractivity contribution in [2.24, 2.45) is 0 Å². The Hall–Kier alpha value is -0.900. The molecule has 1 aromatic heterocycles. The highest BCUT2D eigenvalue weighted by Gasteiger charge is 2.10. The van der Waals surface area contributed by atoms with E-state index < -0.39 is 0 Å². The molecule has 1 amide bonds. The van der Waals surface area contributed by atoms with Crippen LogP contribution in [0.3, 0.4) is 0 Å². The van der Waals surface area contributed by atoms with Gasteiger partial charge in [-0.05, 0) is 13.3 Å². The quantitative estimate of drug-likeness (QED) is 0.758. The van der Waals surface area contributed by atoms with Gasteiger partial charge in [0.2, 0.25) is 0 Å². The summed E-state index contributed by atoms with van der Waals surface area (Å²) in [5.74, 6) is -0.0553. The Labute approximate surface area is 94.9 Å². The van der Waals surface area contributed by atoms with Gasteiger partial charge < -0.3 is 5.32 Å². The lowest BCUT2D eigenvalue weighted by atomic mass is 10.1. The van der Waals surface area contributed by atoms with E-state index in [2.05, 4.69) is 17.2 Å². The normalized spacial score (nSPS) is 12.4. The van der Waals surface area contributed by atoms with Gasteiger partial charge in [0.15, 0.2) is 0 Å². The number of rotatable bonds is 6. The van der Waals surface area contributed by atoms with E-state index in [-0.39, 0.29) is 11.9 Å². The topological polar surface area (TPSA) is 42.0 Å². The van der Waals surface area contributed by atoms with E-state index in [0.717, 1.165) is 6.42 Å². The van der Waals surface area contributed by atoms with E-state index in [4.69, 9.17) is 0 Å². The lowest BCUT2D eigenvalue weighted by molar-refractivity contribution is 0.0933. The van der Waals surface area contributed by atoms with Gasteiger partial charge in [0.05, 0.1) is 5.51 Å². The lowest BCUT2D eigenvalue weighted by Gasteiger charge is -2.12. The molecule has 1 unspecified atom stereocenters. The predicted molar refractivity (Wildman–Crippen MR) is 63.2 cm³/mol. The van der Waals surface area contributed by atoms with E-state index in [0.29, 0.717) is 5.69 Å². The van der Waals surface area contributed by atoms with Crippen molar-refractivity contribution in [2.75, 3.05) is 0 Å². The number of nitrogens with one attached hydrogen (secondary N) is 1. The van der Waals surface area contributed by atoms with Crippen molar-refractivity contribution < 1.29 is 4.79 Å². The molecule has 0 saturated heterocycles.